The molecule has 2 aromatic carbocycles. The van der Waals surface area contributed by atoms with Crippen LogP contribution in [-0.2, 0) is 0 Å². The maximum absolute atomic E-state index is 10.9. The third-order valence-corrected chi connectivity index (χ3v) is 3.85. The lowest BCUT2D eigenvalue weighted by Gasteiger charge is -1.99. The van der Waals surface area contributed by atoms with Crippen LogP contribution in [0.4, 0.5) is 11.4 Å². The summed E-state index contributed by atoms with van der Waals surface area (Å²) in [6.45, 7) is 0. The molecular formula is C13H9N3O2S. The Bertz CT molecular complexity index is 749. The van der Waals surface area contributed by atoms with Gasteiger partial charge < -0.3 is 5.73 Å². The van der Waals surface area contributed by atoms with Crippen molar-refractivity contribution in [1.82, 2.24) is 4.98 Å². The third-order valence-electron chi connectivity index (χ3n) is 2.77. The number of fused-ring (bicyclic) bond motifs is 1. The second-order valence-electron chi connectivity index (χ2n) is 4.02. The van der Waals surface area contributed by atoms with Gasteiger partial charge in [-0.3, -0.25) is 10.1 Å². The molecule has 1 aromatic heterocycles. The van der Waals surface area contributed by atoms with E-state index in [1.54, 1.807) is 12.1 Å². The number of nitrogens with zero attached hydrogens (tertiary/aromatic N) is 2. The minimum absolute atomic E-state index is 0.0863. The first-order valence-corrected chi connectivity index (χ1v) is 6.36. The first kappa shape index (κ1) is 11.6. The van der Waals surface area contributed by atoms with Crippen LogP contribution in [0.3, 0.4) is 0 Å². The van der Waals surface area contributed by atoms with Crippen molar-refractivity contribution in [2.75, 3.05) is 5.73 Å². The molecule has 2 N–H and O–H groups in total. The summed E-state index contributed by atoms with van der Waals surface area (Å²) >= 11 is 1.50. The van der Waals surface area contributed by atoms with Crippen LogP contribution >= 0.6 is 11.3 Å². The quantitative estimate of drug-likeness (QED) is 0.439. The van der Waals surface area contributed by atoms with Crippen molar-refractivity contribution >= 4 is 32.9 Å². The number of nitro benzene ring substituents is 1. The summed E-state index contributed by atoms with van der Waals surface area (Å²) in [4.78, 5) is 14.9. The highest BCUT2D eigenvalue weighted by Gasteiger charge is 2.14. The van der Waals surface area contributed by atoms with E-state index in [0.717, 1.165) is 15.2 Å². The number of aromatic nitrogens is 1. The molecule has 0 fully saturated rings. The van der Waals surface area contributed by atoms with Gasteiger partial charge in [0.25, 0.3) is 5.69 Å². The van der Waals surface area contributed by atoms with Gasteiger partial charge in [0.1, 0.15) is 10.7 Å². The highest BCUT2D eigenvalue weighted by atomic mass is 32.1. The minimum atomic E-state index is -0.480. The number of nitro groups is 1. The summed E-state index contributed by atoms with van der Waals surface area (Å²) in [5, 5.41) is 11.6. The molecule has 6 heteroatoms. The van der Waals surface area contributed by atoms with Gasteiger partial charge in [-0.1, -0.05) is 12.1 Å². The van der Waals surface area contributed by atoms with Crippen LogP contribution in [0.2, 0.25) is 0 Å². The molecule has 0 saturated heterocycles. The molecule has 0 saturated carbocycles. The standard InChI is InChI=1S/C13H9N3O2S/c14-9-6-5-8(7-11(9)16(17)18)13-15-10-3-1-2-4-12(10)19-13/h1-7H,14H2. The summed E-state index contributed by atoms with van der Waals surface area (Å²) in [7, 11) is 0. The molecule has 5 nitrogen and oxygen atoms in total. The lowest BCUT2D eigenvalue weighted by molar-refractivity contribution is -0.383. The number of nitrogens with two attached hydrogens (primary N) is 1. The van der Waals surface area contributed by atoms with Crippen molar-refractivity contribution in [2.24, 2.45) is 0 Å². The van der Waals surface area contributed by atoms with Crippen molar-refractivity contribution < 1.29 is 4.92 Å². The Kier molecular flexibility index (Phi) is 2.64. The van der Waals surface area contributed by atoms with Gasteiger partial charge in [-0.15, -0.1) is 11.3 Å². The number of anilines is 1. The molecular weight excluding hydrogens is 262 g/mol. The first-order valence-electron chi connectivity index (χ1n) is 5.55. The number of thiazole rings is 1. The fraction of sp³-hybridized carbons (Fsp3) is 0. The highest BCUT2D eigenvalue weighted by molar-refractivity contribution is 7.21. The molecule has 0 aliphatic rings. The molecule has 0 amide bonds. The predicted molar refractivity (Wildman–Crippen MR) is 76.1 cm³/mol. The van der Waals surface area contributed by atoms with Gasteiger partial charge in [0, 0.05) is 11.6 Å². The zero-order valence-corrected chi connectivity index (χ0v) is 10.6. The average molecular weight is 271 g/mol. The fourth-order valence-corrected chi connectivity index (χ4v) is 2.79. The Labute approximate surface area is 112 Å². The van der Waals surface area contributed by atoms with Crippen molar-refractivity contribution in [2.45, 2.75) is 0 Å². The molecule has 0 unspecified atom stereocenters. The lowest BCUT2D eigenvalue weighted by atomic mass is 10.2. The number of hydrogen-bond donors (Lipinski definition) is 1. The van der Waals surface area contributed by atoms with Crippen LogP contribution in [-0.4, -0.2) is 9.91 Å². The SMILES string of the molecule is Nc1ccc(-c2nc3ccccc3s2)cc1[N+](=O)[O-]. The van der Waals surface area contributed by atoms with E-state index in [2.05, 4.69) is 4.98 Å². The van der Waals surface area contributed by atoms with Crippen molar-refractivity contribution in [3.63, 3.8) is 0 Å². The fourth-order valence-electron chi connectivity index (χ4n) is 1.83. The molecule has 1 heterocycles. The molecule has 94 valence electrons. The number of hydrogen-bond acceptors (Lipinski definition) is 5. The Hall–Kier alpha value is -2.47. The molecule has 0 atom stereocenters. The predicted octanol–water partition coefficient (Wildman–Crippen LogP) is 3.45. The Balaban J connectivity index is 2.16. The van der Waals surface area contributed by atoms with Crippen molar-refractivity contribution in [3.05, 3.63) is 52.6 Å². The topological polar surface area (TPSA) is 82.0 Å². The Morgan fingerprint density at radius 3 is 2.74 bits per heavy atom. The summed E-state index contributed by atoms with van der Waals surface area (Å²) < 4.78 is 1.05. The monoisotopic (exact) mass is 271 g/mol. The van der Waals surface area contributed by atoms with Gasteiger partial charge in [-0.05, 0) is 24.3 Å². The summed E-state index contributed by atoms with van der Waals surface area (Å²) in [5.74, 6) is 0. The van der Waals surface area contributed by atoms with Gasteiger partial charge in [0.15, 0.2) is 0 Å². The van der Waals surface area contributed by atoms with E-state index in [1.165, 1.54) is 17.4 Å². The van der Waals surface area contributed by atoms with E-state index in [-0.39, 0.29) is 11.4 Å². The lowest BCUT2D eigenvalue weighted by Crippen LogP contribution is -1.95. The molecule has 0 aliphatic heterocycles. The van der Waals surface area contributed by atoms with Gasteiger partial charge in [0.05, 0.1) is 15.1 Å². The van der Waals surface area contributed by atoms with E-state index in [9.17, 15) is 10.1 Å². The molecule has 0 aliphatic carbocycles. The van der Waals surface area contributed by atoms with Gasteiger partial charge in [0.2, 0.25) is 0 Å². The Morgan fingerprint density at radius 2 is 2.00 bits per heavy atom. The maximum Gasteiger partial charge on any atom is 0.292 e. The first-order chi connectivity index (χ1) is 9.15. The van der Waals surface area contributed by atoms with Crippen LogP contribution in [0.15, 0.2) is 42.5 Å². The number of rotatable bonds is 2. The molecule has 19 heavy (non-hydrogen) atoms. The largest absolute Gasteiger partial charge is 0.393 e. The van der Waals surface area contributed by atoms with Gasteiger partial charge in [-0.2, -0.15) is 0 Å². The van der Waals surface area contributed by atoms with Crippen molar-refractivity contribution in [3.8, 4) is 10.6 Å². The van der Waals surface area contributed by atoms with E-state index >= 15 is 0 Å². The van der Waals surface area contributed by atoms with Gasteiger partial charge in [-0.25, -0.2) is 4.98 Å². The average Bonchev–Trinajstić information content (AvgIpc) is 2.82. The molecule has 3 aromatic rings. The summed E-state index contributed by atoms with van der Waals surface area (Å²) in [5.41, 5.74) is 7.26. The number of para-hydroxylation sites is 1. The smallest absolute Gasteiger partial charge is 0.292 e. The summed E-state index contributed by atoms with van der Waals surface area (Å²) in [6, 6.07) is 12.5. The van der Waals surface area contributed by atoms with E-state index in [1.807, 2.05) is 24.3 Å². The normalized spacial score (nSPS) is 10.7. The molecule has 0 radical (unpaired) electrons. The van der Waals surface area contributed by atoms with E-state index in [0.29, 0.717) is 5.56 Å². The minimum Gasteiger partial charge on any atom is -0.393 e. The highest BCUT2D eigenvalue weighted by Crippen LogP contribution is 2.33. The van der Waals surface area contributed by atoms with Crippen LogP contribution in [0, 0.1) is 10.1 Å². The number of benzene rings is 2. The zero-order valence-electron chi connectivity index (χ0n) is 9.74. The second kappa shape index (κ2) is 4.33. The van der Waals surface area contributed by atoms with Gasteiger partial charge >= 0.3 is 0 Å². The number of nitrogen functional groups attached to an aromatic ring is 1. The molecule has 0 spiro atoms. The van der Waals surface area contributed by atoms with Crippen molar-refractivity contribution in [1.29, 1.82) is 0 Å². The van der Waals surface area contributed by atoms with Crippen LogP contribution in [0.5, 0.6) is 0 Å². The third kappa shape index (κ3) is 2.02. The zero-order chi connectivity index (χ0) is 13.4. The van der Waals surface area contributed by atoms with E-state index in [4.69, 9.17) is 5.73 Å². The van der Waals surface area contributed by atoms with Crippen LogP contribution < -0.4 is 5.73 Å². The van der Waals surface area contributed by atoms with Crippen LogP contribution in [0.1, 0.15) is 0 Å². The van der Waals surface area contributed by atoms with Crippen LogP contribution in [0.25, 0.3) is 20.8 Å². The molecule has 0 bridgehead atoms. The molecule has 3 rings (SSSR count). The summed E-state index contributed by atoms with van der Waals surface area (Å²) in [6.07, 6.45) is 0. The Morgan fingerprint density at radius 1 is 1.21 bits per heavy atom. The maximum atomic E-state index is 10.9. The second-order valence-corrected chi connectivity index (χ2v) is 5.05. The van der Waals surface area contributed by atoms with E-state index < -0.39 is 4.92 Å².